The summed E-state index contributed by atoms with van der Waals surface area (Å²) in [6.07, 6.45) is 9.52. The summed E-state index contributed by atoms with van der Waals surface area (Å²) in [5.41, 5.74) is 1.13. The lowest BCUT2D eigenvalue weighted by molar-refractivity contribution is -0.132. The van der Waals surface area contributed by atoms with Crippen LogP contribution in [0, 0.1) is 0 Å². The fourth-order valence-corrected chi connectivity index (χ4v) is 2.93. The lowest BCUT2D eigenvalue weighted by Crippen LogP contribution is -2.42. The minimum absolute atomic E-state index is 0.252. The first-order valence-electron chi connectivity index (χ1n) is 7.52. The van der Waals surface area contributed by atoms with E-state index < -0.39 is 0 Å². The van der Waals surface area contributed by atoms with Gasteiger partial charge in [-0.1, -0.05) is 6.07 Å². The Labute approximate surface area is 121 Å². The zero-order chi connectivity index (χ0) is 14.4. The molecular formula is C16H25N3O. The fourth-order valence-electron chi connectivity index (χ4n) is 2.93. The predicted octanol–water partition coefficient (Wildman–Crippen LogP) is 2.00. The SMILES string of the molecule is CNC1CCC(N(C)C(=O)CCc2cccnc2)CC1. The second-order valence-corrected chi connectivity index (χ2v) is 5.66. The predicted molar refractivity (Wildman–Crippen MR) is 80.4 cm³/mol. The molecule has 0 unspecified atom stereocenters. The summed E-state index contributed by atoms with van der Waals surface area (Å²) in [6, 6.07) is 4.99. The van der Waals surface area contributed by atoms with Crippen molar-refractivity contribution in [2.45, 2.75) is 50.6 Å². The van der Waals surface area contributed by atoms with E-state index in [0.29, 0.717) is 18.5 Å². The zero-order valence-electron chi connectivity index (χ0n) is 12.5. The molecule has 0 bridgehead atoms. The smallest absolute Gasteiger partial charge is 0.222 e. The van der Waals surface area contributed by atoms with Crippen LogP contribution in [0.3, 0.4) is 0 Å². The molecular weight excluding hydrogens is 250 g/mol. The summed E-state index contributed by atoms with van der Waals surface area (Å²) in [5.74, 6) is 0.252. The van der Waals surface area contributed by atoms with Crippen molar-refractivity contribution >= 4 is 5.91 Å². The van der Waals surface area contributed by atoms with Crippen LogP contribution in [0.25, 0.3) is 0 Å². The summed E-state index contributed by atoms with van der Waals surface area (Å²) >= 11 is 0. The molecule has 4 heteroatoms. The molecule has 0 spiro atoms. The Hall–Kier alpha value is -1.42. The zero-order valence-corrected chi connectivity index (χ0v) is 12.5. The van der Waals surface area contributed by atoms with Gasteiger partial charge in [-0.2, -0.15) is 0 Å². The van der Waals surface area contributed by atoms with Gasteiger partial charge in [0, 0.05) is 37.9 Å². The first-order valence-corrected chi connectivity index (χ1v) is 7.52. The van der Waals surface area contributed by atoms with Gasteiger partial charge in [-0.05, 0) is 50.8 Å². The first-order chi connectivity index (χ1) is 9.70. The summed E-state index contributed by atoms with van der Waals surface area (Å²) in [7, 11) is 3.98. The van der Waals surface area contributed by atoms with E-state index in [1.807, 2.05) is 37.3 Å². The highest BCUT2D eigenvalue weighted by Crippen LogP contribution is 2.22. The summed E-state index contributed by atoms with van der Waals surface area (Å²) in [6.45, 7) is 0. The maximum Gasteiger partial charge on any atom is 0.222 e. The molecule has 110 valence electrons. The van der Waals surface area contributed by atoms with Crippen LogP contribution in [-0.4, -0.2) is 42.0 Å². The first kappa shape index (κ1) is 15.0. The standard InChI is InChI=1S/C16H25N3O/c1-17-14-6-8-15(9-7-14)19(2)16(20)10-5-13-4-3-11-18-12-13/h3-4,11-12,14-15,17H,5-10H2,1-2H3. The van der Waals surface area contributed by atoms with Gasteiger partial charge in [0.25, 0.3) is 0 Å². The van der Waals surface area contributed by atoms with Gasteiger partial charge in [0.15, 0.2) is 0 Å². The van der Waals surface area contributed by atoms with Crippen molar-refractivity contribution in [2.75, 3.05) is 14.1 Å². The van der Waals surface area contributed by atoms with Crippen LogP contribution in [-0.2, 0) is 11.2 Å². The lowest BCUT2D eigenvalue weighted by atomic mass is 9.90. The van der Waals surface area contributed by atoms with Gasteiger partial charge >= 0.3 is 0 Å². The van der Waals surface area contributed by atoms with Crippen LogP contribution in [0.4, 0.5) is 0 Å². The average molecular weight is 275 g/mol. The molecule has 2 rings (SSSR count). The third kappa shape index (κ3) is 4.04. The number of nitrogens with zero attached hydrogens (tertiary/aromatic N) is 2. The summed E-state index contributed by atoms with van der Waals surface area (Å²) in [5, 5.41) is 3.33. The second kappa shape index (κ2) is 7.39. The number of aryl methyl sites for hydroxylation is 1. The molecule has 0 saturated heterocycles. The number of rotatable bonds is 5. The van der Waals surface area contributed by atoms with Crippen molar-refractivity contribution < 1.29 is 4.79 Å². The normalized spacial score (nSPS) is 22.5. The van der Waals surface area contributed by atoms with Gasteiger partial charge in [0.05, 0.1) is 0 Å². The highest BCUT2D eigenvalue weighted by molar-refractivity contribution is 5.76. The Balaban J connectivity index is 1.77. The molecule has 20 heavy (non-hydrogen) atoms. The van der Waals surface area contributed by atoms with E-state index in [9.17, 15) is 4.79 Å². The second-order valence-electron chi connectivity index (χ2n) is 5.66. The van der Waals surface area contributed by atoms with Crippen LogP contribution in [0.5, 0.6) is 0 Å². The maximum atomic E-state index is 12.3. The number of carbonyl (C=O) groups excluding carboxylic acids is 1. The number of amides is 1. The third-order valence-electron chi connectivity index (χ3n) is 4.40. The van der Waals surface area contributed by atoms with Crippen LogP contribution in [0.15, 0.2) is 24.5 Å². The Morgan fingerprint density at radius 3 is 2.75 bits per heavy atom. The minimum Gasteiger partial charge on any atom is -0.343 e. The molecule has 1 amide bonds. The molecule has 1 aromatic heterocycles. The van der Waals surface area contributed by atoms with E-state index in [2.05, 4.69) is 10.3 Å². The monoisotopic (exact) mass is 275 g/mol. The Morgan fingerprint density at radius 2 is 2.15 bits per heavy atom. The van der Waals surface area contributed by atoms with Crippen molar-refractivity contribution in [3.05, 3.63) is 30.1 Å². The summed E-state index contributed by atoms with van der Waals surface area (Å²) < 4.78 is 0. The summed E-state index contributed by atoms with van der Waals surface area (Å²) in [4.78, 5) is 18.3. The van der Waals surface area contributed by atoms with Crippen molar-refractivity contribution in [3.8, 4) is 0 Å². The maximum absolute atomic E-state index is 12.3. The van der Waals surface area contributed by atoms with Crippen LogP contribution in [0.2, 0.25) is 0 Å². The van der Waals surface area contributed by atoms with Crippen LogP contribution in [0.1, 0.15) is 37.7 Å². The average Bonchev–Trinajstić information content (AvgIpc) is 2.53. The molecule has 1 aromatic rings. The van der Waals surface area contributed by atoms with E-state index >= 15 is 0 Å². The van der Waals surface area contributed by atoms with Gasteiger partial charge in [-0.3, -0.25) is 9.78 Å². The number of hydrogen-bond donors (Lipinski definition) is 1. The molecule has 0 radical (unpaired) electrons. The molecule has 1 aliphatic rings. The minimum atomic E-state index is 0.252. The fraction of sp³-hybridized carbons (Fsp3) is 0.625. The van der Waals surface area contributed by atoms with Gasteiger partial charge in [-0.15, -0.1) is 0 Å². The van der Waals surface area contributed by atoms with E-state index in [4.69, 9.17) is 0 Å². The lowest BCUT2D eigenvalue weighted by Gasteiger charge is -2.34. The number of nitrogens with one attached hydrogen (secondary N) is 1. The van der Waals surface area contributed by atoms with E-state index in [-0.39, 0.29) is 5.91 Å². The number of aromatic nitrogens is 1. The molecule has 1 fully saturated rings. The molecule has 0 aliphatic heterocycles. The number of pyridine rings is 1. The van der Waals surface area contributed by atoms with Crippen molar-refractivity contribution in [1.82, 2.24) is 15.2 Å². The van der Waals surface area contributed by atoms with Gasteiger partial charge in [-0.25, -0.2) is 0 Å². The topological polar surface area (TPSA) is 45.2 Å². The van der Waals surface area contributed by atoms with E-state index in [1.165, 1.54) is 12.8 Å². The van der Waals surface area contributed by atoms with Gasteiger partial charge < -0.3 is 10.2 Å². The van der Waals surface area contributed by atoms with Crippen molar-refractivity contribution in [1.29, 1.82) is 0 Å². The molecule has 4 nitrogen and oxygen atoms in total. The highest BCUT2D eigenvalue weighted by atomic mass is 16.2. The van der Waals surface area contributed by atoms with Gasteiger partial charge in [0.1, 0.15) is 0 Å². The molecule has 1 saturated carbocycles. The Morgan fingerprint density at radius 1 is 1.40 bits per heavy atom. The van der Waals surface area contributed by atoms with Crippen molar-refractivity contribution in [2.24, 2.45) is 0 Å². The Kier molecular flexibility index (Phi) is 5.53. The third-order valence-corrected chi connectivity index (χ3v) is 4.40. The molecule has 1 N–H and O–H groups in total. The largest absolute Gasteiger partial charge is 0.343 e. The molecule has 1 heterocycles. The van der Waals surface area contributed by atoms with E-state index in [1.54, 1.807) is 6.20 Å². The molecule has 1 aliphatic carbocycles. The van der Waals surface area contributed by atoms with Crippen LogP contribution >= 0.6 is 0 Å². The quantitative estimate of drug-likeness (QED) is 0.894. The molecule has 0 atom stereocenters. The van der Waals surface area contributed by atoms with Gasteiger partial charge in [0.2, 0.25) is 5.91 Å². The van der Waals surface area contributed by atoms with Crippen molar-refractivity contribution in [3.63, 3.8) is 0 Å². The van der Waals surface area contributed by atoms with E-state index in [0.717, 1.165) is 24.8 Å². The number of carbonyl (C=O) groups is 1. The highest BCUT2D eigenvalue weighted by Gasteiger charge is 2.25. The molecule has 0 aromatic carbocycles. The Bertz CT molecular complexity index is 413. The van der Waals surface area contributed by atoms with Crippen LogP contribution < -0.4 is 5.32 Å². The number of hydrogen-bond acceptors (Lipinski definition) is 3.